The third-order valence-corrected chi connectivity index (χ3v) is 3.63. The molecule has 1 rings (SSSR count). The maximum atomic E-state index is 11.8. The quantitative estimate of drug-likeness (QED) is 0.810. The molecule has 1 aromatic rings. The Hall–Kier alpha value is -0.130. The van der Waals surface area contributed by atoms with Crippen LogP contribution in [0, 0.1) is 0 Å². The smallest absolute Gasteiger partial charge is 0.188 e. The molecule has 1 heterocycles. The van der Waals surface area contributed by atoms with Gasteiger partial charge in [0.25, 0.3) is 0 Å². The van der Waals surface area contributed by atoms with Crippen molar-refractivity contribution in [3.63, 3.8) is 0 Å². The van der Waals surface area contributed by atoms with Gasteiger partial charge in [-0.05, 0) is 35.0 Å². The Morgan fingerprint density at radius 2 is 2.43 bits per heavy atom. The molecule has 0 aliphatic heterocycles. The molecule has 0 aliphatic carbocycles. The minimum absolute atomic E-state index is 0.259. The molecule has 1 N–H and O–H groups in total. The average Bonchev–Trinajstić information content (AvgIpc) is 2.54. The fraction of sp³-hybridized carbons (Fsp3) is 0.556. The van der Waals surface area contributed by atoms with Crippen molar-refractivity contribution in [3.05, 3.63) is 15.4 Å². The van der Waals surface area contributed by atoms with E-state index in [1.807, 2.05) is 6.07 Å². The molecule has 2 nitrogen and oxygen atoms in total. The van der Waals surface area contributed by atoms with Crippen molar-refractivity contribution in [1.82, 2.24) is 5.32 Å². The first kappa shape index (κ1) is 11.9. The Morgan fingerprint density at radius 1 is 1.64 bits per heavy atom. The van der Waals surface area contributed by atoms with Gasteiger partial charge < -0.3 is 10.1 Å². The van der Waals surface area contributed by atoms with Crippen molar-refractivity contribution < 1.29 is 9.13 Å². The van der Waals surface area contributed by atoms with Gasteiger partial charge in [-0.15, -0.1) is 11.3 Å². The lowest BCUT2D eigenvalue weighted by atomic mass is 10.4. The van der Waals surface area contributed by atoms with Crippen LogP contribution in [-0.2, 0) is 6.54 Å². The minimum atomic E-state index is -0.259. The van der Waals surface area contributed by atoms with E-state index in [2.05, 4.69) is 21.2 Å². The van der Waals surface area contributed by atoms with Crippen LogP contribution in [-0.4, -0.2) is 20.3 Å². The summed E-state index contributed by atoms with van der Waals surface area (Å²) in [5.74, 6) is 0. The number of rotatable bonds is 6. The number of hydrogen-bond donors (Lipinski definition) is 1. The molecule has 80 valence electrons. The van der Waals surface area contributed by atoms with Crippen molar-refractivity contribution in [2.45, 2.75) is 13.0 Å². The summed E-state index contributed by atoms with van der Waals surface area (Å²) in [5, 5.41) is 4.04. The topological polar surface area (TPSA) is 21.3 Å². The van der Waals surface area contributed by atoms with Crippen LogP contribution in [0.15, 0.2) is 10.5 Å². The minimum Gasteiger partial charge on any atom is -0.486 e. The second kappa shape index (κ2) is 6.37. The van der Waals surface area contributed by atoms with Crippen molar-refractivity contribution in [2.24, 2.45) is 0 Å². The Kier molecular flexibility index (Phi) is 5.44. The standard InChI is InChI=1S/C9H13BrFNOS/c1-13-9-8(10)5-7(14-9)6-12-4-2-3-11/h5,12H,2-4,6H2,1H3. The number of ether oxygens (including phenoxy) is 1. The van der Waals surface area contributed by atoms with E-state index in [9.17, 15) is 4.39 Å². The zero-order valence-corrected chi connectivity index (χ0v) is 10.4. The molecular weight excluding hydrogens is 269 g/mol. The van der Waals surface area contributed by atoms with Crippen LogP contribution in [0.25, 0.3) is 0 Å². The van der Waals surface area contributed by atoms with Crippen molar-refractivity contribution in [2.75, 3.05) is 20.3 Å². The second-order valence-electron chi connectivity index (χ2n) is 2.77. The number of alkyl halides is 1. The molecule has 0 atom stereocenters. The molecule has 0 radical (unpaired) electrons. The lowest BCUT2D eigenvalue weighted by Crippen LogP contribution is -2.14. The third-order valence-electron chi connectivity index (χ3n) is 1.68. The Labute approximate surface area is 95.6 Å². The normalized spacial score (nSPS) is 10.5. The van der Waals surface area contributed by atoms with Gasteiger partial charge in [-0.1, -0.05) is 0 Å². The first-order chi connectivity index (χ1) is 6.77. The molecule has 0 saturated carbocycles. The SMILES string of the molecule is COc1sc(CNCCCF)cc1Br. The van der Waals surface area contributed by atoms with Gasteiger partial charge in [0.05, 0.1) is 18.3 Å². The predicted molar refractivity (Wildman–Crippen MR) is 60.9 cm³/mol. The van der Waals surface area contributed by atoms with Crippen LogP contribution in [0.3, 0.4) is 0 Å². The molecule has 1 aromatic heterocycles. The fourth-order valence-corrected chi connectivity index (χ4v) is 2.69. The molecule has 0 fully saturated rings. The molecule has 0 spiro atoms. The lowest BCUT2D eigenvalue weighted by molar-refractivity contribution is 0.425. The Balaban J connectivity index is 2.35. The molecule has 14 heavy (non-hydrogen) atoms. The summed E-state index contributed by atoms with van der Waals surface area (Å²) in [6.45, 7) is 1.23. The predicted octanol–water partition coefficient (Wildman–Crippen LogP) is 2.97. The number of hydrogen-bond acceptors (Lipinski definition) is 3. The molecule has 0 aliphatic rings. The van der Waals surface area contributed by atoms with Crippen molar-refractivity contribution in [3.8, 4) is 5.06 Å². The van der Waals surface area contributed by atoms with E-state index in [1.165, 1.54) is 4.88 Å². The van der Waals surface area contributed by atoms with Crippen LogP contribution >= 0.6 is 27.3 Å². The van der Waals surface area contributed by atoms with E-state index in [0.29, 0.717) is 13.0 Å². The van der Waals surface area contributed by atoms with Crippen LogP contribution < -0.4 is 10.1 Å². The second-order valence-corrected chi connectivity index (χ2v) is 4.73. The van der Waals surface area contributed by atoms with Gasteiger partial charge in [0.2, 0.25) is 0 Å². The molecule has 0 aromatic carbocycles. The summed E-state index contributed by atoms with van der Waals surface area (Å²) in [6, 6.07) is 2.02. The van der Waals surface area contributed by atoms with Crippen LogP contribution in [0.1, 0.15) is 11.3 Å². The van der Waals surface area contributed by atoms with E-state index < -0.39 is 0 Å². The Bertz CT molecular complexity index is 280. The number of methoxy groups -OCH3 is 1. The summed E-state index contributed by atoms with van der Waals surface area (Å²) in [4.78, 5) is 1.19. The van der Waals surface area contributed by atoms with Gasteiger partial charge in [-0.3, -0.25) is 4.39 Å². The zero-order valence-electron chi connectivity index (χ0n) is 7.98. The van der Waals surface area contributed by atoms with Gasteiger partial charge in [0.15, 0.2) is 5.06 Å². The molecule has 0 amide bonds. The van der Waals surface area contributed by atoms with Gasteiger partial charge in [0, 0.05) is 11.4 Å². The molecule has 0 unspecified atom stereocenters. The zero-order chi connectivity index (χ0) is 10.4. The van der Waals surface area contributed by atoms with E-state index in [4.69, 9.17) is 4.74 Å². The van der Waals surface area contributed by atoms with E-state index in [-0.39, 0.29) is 6.67 Å². The highest BCUT2D eigenvalue weighted by Gasteiger charge is 2.05. The summed E-state index contributed by atoms with van der Waals surface area (Å²) in [7, 11) is 1.65. The number of nitrogens with one attached hydrogen (secondary N) is 1. The van der Waals surface area contributed by atoms with Gasteiger partial charge in [-0.25, -0.2) is 0 Å². The highest BCUT2D eigenvalue weighted by atomic mass is 79.9. The van der Waals surface area contributed by atoms with Crippen LogP contribution in [0.2, 0.25) is 0 Å². The maximum Gasteiger partial charge on any atom is 0.188 e. The van der Waals surface area contributed by atoms with E-state index >= 15 is 0 Å². The number of halogens is 2. The Morgan fingerprint density at radius 3 is 3.00 bits per heavy atom. The average molecular weight is 282 g/mol. The summed E-state index contributed by atoms with van der Waals surface area (Å²) in [6.07, 6.45) is 0.573. The first-order valence-corrected chi connectivity index (χ1v) is 5.97. The lowest BCUT2D eigenvalue weighted by Gasteiger charge is -1.99. The maximum absolute atomic E-state index is 11.8. The van der Waals surface area contributed by atoms with E-state index in [1.54, 1.807) is 18.4 Å². The largest absolute Gasteiger partial charge is 0.486 e. The molecule has 5 heteroatoms. The summed E-state index contributed by atoms with van der Waals surface area (Å²) < 4.78 is 17.9. The fourth-order valence-electron chi connectivity index (χ4n) is 1.03. The van der Waals surface area contributed by atoms with Gasteiger partial charge in [-0.2, -0.15) is 0 Å². The van der Waals surface area contributed by atoms with Crippen molar-refractivity contribution >= 4 is 27.3 Å². The molecule has 0 saturated heterocycles. The highest BCUT2D eigenvalue weighted by Crippen LogP contribution is 2.34. The molecule has 0 bridgehead atoms. The summed E-state index contributed by atoms with van der Waals surface area (Å²) >= 11 is 4.99. The van der Waals surface area contributed by atoms with E-state index in [0.717, 1.165) is 16.1 Å². The van der Waals surface area contributed by atoms with Crippen LogP contribution in [0.4, 0.5) is 4.39 Å². The monoisotopic (exact) mass is 281 g/mol. The van der Waals surface area contributed by atoms with Crippen molar-refractivity contribution in [1.29, 1.82) is 0 Å². The van der Waals surface area contributed by atoms with Gasteiger partial charge in [0.1, 0.15) is 0 Å². The summed E-state index contributed by atoms with van der Waals surface area (Å²) in [5.41, 5.74) is 0. The van der Waals surface area contributed by atoms with Gasteiger partial charge >= 0.3 is 0 Å². The first-order valence-electron chi connectivity index (χ1n) is 4.36. The van der Waals surface area contributed by atoms with Crippen LogP contribution in [0.5, 0.6) is 5.06 Å². The third kappa shape index (κ3) is 3.55. The highest BCUT2D eigenvalue weighted by molar-refractivity contribution is 9.10. The number of thiophene rings is 1. The molecular formula is C9H13BrFNOS.